The summed E-state index contributed by atoms with van der Waals surface area (Å²) in [5.74, 6) is -0.701. The monoisotopic (exact) mass is 662 g/mol. The summed E-state index contributed by atoms with van der Waals surface area (Å²) in [6, 6.07) is 0. The second kappa shape index (κ2) is 38.0. The highest BCUT2D eigenvalue weighted by atomic mass is 16.6. The van der Waals surface area contributed by atoms with E-state index in [4.69, 9.17) is 9.47 Å². The molecule has 1 atom stereocenters. The molecule has 0 amide bonds. The van der Waals surface area contributed by atoms with Crippen LogP contribution < -0.4 is 0 Å². The van der Waals surface area contributed by atoms with Crippen LogP contribution >= 0.6 is 0 Å². The van der Waals surface area contributed by atoms with Crippen LogP contribution in [0.15, 0.2) is 109 Å². The molecular formula is C43H66O5. The number of hydrogen-bond donors (Lipinski definition) is 1. The minimum atomic E-state index is -0.818. The van der Waals surface area contributed by atoms with Crippen LogP contribution in [-0.4, -0.2) is 36.4 Å². The fourth-order valence-corrected chi connectivity index (χ4v) is 4.34. The van der Waals surface area contributed by atoms with Gasteiger partial charge < -0.3 is 14.6 Å². The summed E-state index contributed by atoms with van der Waals surface area (Å²) in [7, 11) is 0. The fourth-order valence-electron chi connectivity index (χ4n) is 4.34. The highest BCUT2D eigenvalue weighted by Gasteiger charge is 2.15. The van der Waals surface area contributed by atoms with Crippen molar-refractivity contribution in [1.29, 1.82) is 0 Å². The summed E-state index contributed by atoms with van der Waals surface area (Å²) in [6.45, 7) is 3.81. The Hall–Kier alpha value is -3.44. The molecule has 0 saturated heterocycles. The van der Waals surface area contributed by atoms with E-state index in [1.807, 2.05) is 0 Å². The van der Waals surface area contributed by atoms with Gasteiger partial charge in [-0.15, -0.1) is 0 Å². The second-order valence-electron chi connectivity index (χ2n) is 11.5. The van der Waals surface area contributed by atoms with E-state index in [1.165, 1.54) is 0 Å². The summed E-state index contributed by atoms with van der Waals surface area (Å²) >= 11 is 0. The predicted molar refractivity (Wildman–Crippen MR) is 205 cm³/mol. The maximum absolute atomic E-state index is 12.1. The quantitative estimate of drug-likeness (QED) is 0.0454. The molecule has 0 bridgehead atoms. The van der Waals surface area contributed by atoms with E-state index in [-0.39, 0.29) is 31.6 Å². The molecule has 5 nitrogen and oxygen atoms in total. The SMILES string of the molecule is CCC=CCC=CCC=CCC=CCC=CCCCC(=O)OC(CO)COC(=O)CCCCCCC=CCC=CCC=CCC=CCC. The first-order valence-corrected chi connectivity index (χ1v) is 18.4. The topological polar surface area (TPSA) is 72.8 Å². The van der Waals surface area contributed by atoms with Gasteiger partial charge in [-0.05, 0) is 89.9 Å². The number of allylic oxidation sites excluding steroid dienone is 18. The zero-order valence-corrected chi connectivity index (χ0v) is 30.2. The zero-order valence-electron chi connectivity index (χ0n) is 30.2. The Bertz CT molecular complexity index is 1020. The van der Waals surface area contributed by atoms with Crippen molar-refractivity contribution in [2.24, 2.45) is 0 Å². The molecule has 1 unspecified atom stereocenters. The highest BCUT2D eigenvalue weighted by Crippen LogP contribution is 2.08. The molecule has 0 aliphatic carbocycles. The Labute approximate surface area is 293 Å². The molecule has 5 heteroatoms. The summed E-state index contributed by atoms with van der Waals surface area (Å²) in [4.78, 5) is 24.2. The maximum Gasteiger partial charge on any atom is 0.306 e. The van der Waals surface area contributed by atoms with Crippen molar-refractivity contribution < 1.29 is 24.2 Å². The van der Waals surface area contributed by atoms with E-state index in [0.29, 0.717) is 12.8 Å². The summed E-state index contributed by atoms with van der Waals surface area (Å²) < 4.78 is 10.5. The standard InChI is InChI=1S/C43H66O5/c1-3-5-7-9-11-13-15-17-19-21-23-25-27-29-31-33-35-37-42(45)47-40-41(39-44)48-43(46)38-36-34-32-30-28-26-24-22-20-18-16-14-12-10-8-6-4-2/h5-8,11-14,17-20,23-26,30,32,41,44H,3-4,9-10,15-16,21-22,27-29,31,33-40H2,1-2H3. The number of aliphatic hydroxyl groups excluding tert-OH is 1. The van der Waals surface area contributed by atoms with E-state index in [9.17, 15) is 14.7 Å². The van der Waals surface area contributed by atoms with Gasteiger partial charge in [0, 0.05) is 12.8 Å². The van der Waals surface area contributed by atoms with Gasteiger partial charge in [0.05, 0.1) is 6.61 Å². The van der Waals surface area contributed by atoms with Crippen molar-refractivity contribution in [3.8, 4) is 0 Å². The van der Waals surface area contributed by atoms with Crippen LogP contribution in [0, 0.1) is 0 Å². The number of unbranched alkanes of at least 4 members (excludes halogenated alkanes) is 5. The molecule has 0 aliphatic rings. The lowest BCUT2D eigenvalue weighted by Gasteiger charge is -2.15. The molecule has 1 N–H and O–H groups in total. The van der Waals surface area contributed by atoms with Gasteiger partial charge in [-0.25, -0.2) is 0 Å². The number of carbonyl (C=O) groups is 2. The predicted octanol–water partition coefficient (Wildman–Crippen LogP) is 11.5. The number of ether oxygens (including phenoxy) is 2. The Kier molecular flexibility index (Phi) is 35.3. The van der Waals surface area contributed by atoms with Crippen molar-refractivity contribution in [3.63, 3.8) is 0 Å². The Morgan fingerprint density at radius 1 is 0.479 bits per heavy atom. The molecule has 268 valence electrons. The summed E-state index contributed by atoms with van der Waals surface area (Å²) in [6.07, 6.45) is 54.3. The van der Waals surface area contributed by atoms with Crippen LogP contribution in [0.2, 0.25) is 0 Å². The van der Waals surface area contributed by atoms with Crippen molar-refractivity contribution in [2.75, 3.05) is 13.2 Å². The molecule has 0 aromatic heterocycles. The van der Waals surface area contributed by atoms with Crippen molar-refractivity contribution in [1.82, 2.24) is 0 Å². The second-order valence-corrected chi connectivity index (χ2v) is 11.5. The van der Waals surface area contributed by atoms with Crippen LogP contribution in [0.3, 0.4) is 0 Å². The van der Waals surface area contributed by atoms with E-state index in [2.05, 4.69) is 123 Å². The normalized spacial score (nSPS) is 13.5. The third kappa shape index (κ3) is 35.4. The molecule has 0 saturated carbocycles. The van der Waals surface area contributed by atoms with Crippen molar-refractivity contribution >= 4 is 11.9 Å². The number of esters is 2. The molecule has 0 spiro atoms. The van der Waals surface area contributed by atoms with E-state index in [0.717, 1.165) is 96.3 Å². The van der Waals surface area contributed by atoms with E-state index >= 15 is 0 Å². The molecule has 0 aromatic rings. The molecule has 0 aliphatic heterocycles. The number of rotatable bonds is 31. The van der Waals surface area contributed by atoms with E-state index < -0.39 is 6.10 Å². The summed E-state index contributed by atoms with van der Waals surface area (Å²) in [5.41, 5.74) is 0. The molecule has 0 rings (SSSR count). The Morgan fingerprint density at radius 3 is 1.29 bits per heavy atom. The Morgan fingerprint density at radius 2 is 0.854 bits per heavy atom. The third-order valence-corrected chi connectivity index (χ3v) is 7.06. The highest BCUT2D eigenvalue weighted by molar-refractivity contribution is 5.70. The van der Waals surface area contributed by atoms with Gasteiger partial charge in [-0.3, -0.25) is 9.59 Å². The number of aliphatic hydroxyl groups is 1. The fraction of sp³-hybridized carbons (Fsp3) is 0.535. The number of carbonyl (C=O) groups excluding carboxylic acids is 2. The van der Waals surface area contributed by atoms with Gasteiger partial charge in [0.15, 0.2) is 6.10 Å². The molecule has 0 aromatic carbocycles. The lowest BCUT2D eigenvalue weighted by atomic mass is 10.1. The average molecular weight is 663 g/mol. The minimum absolute atomic E-state index is 0.109. The van der Waals surface area contributed by atoms with Crippen LogP contribution in [0.25, 0.3) is 0 Å². The van der Waals surface area contributed by atoms with Crippen LogP contribution in [0.1, 0.15) is 129 Å². The minimum Gasteiger partial charge on any atom is -0.462 e. The number of hydrogen-bond acceptors (Lipinski definition) is 5. The third-order valence-electron chi connectivity index (χ3n) is 7.06. The van der Waals surface area contributed by atoms with Gasteiger partial charge in [-0.2, -0.15) is 0 Å². The van der Waals surface area contributed by atoms with Gasteiger partial charge in [0.1, 0.15) is 6.61 Å². The van der Waals surface area contributed by atoms with Gasteiger partial charge in [-0.1, -0.05) is 136 Å². The van der Waals surface area contributed by atoms with Gasteiger partial charge in [0.25, 0.3) is 0 Å². The first-order valence-electron chi connectivity index (χ1n) is 18.4. The van der Waals surface area contributed by atoms with Crippen molar-refractivity contribution in [3.05, 3.63) is 109 Å². The Balaban J connectivity index is 3.77. The largest absolute Gasteiger partial charge is 0.462 e. The van der Waals surface area contributed by atoms with Crippen LogP contribution in [0.4, 0.5) is 0 Å². The first-order chi connectivity index (χ1) is 23.6. The lowest BCUT2D eigenvalue weighted by molar-refractivity contribution is -0.161. The molecule has 0 radical (unpaired) electrons. The van der Waals surface area contributed by atoms with Gasteiger partial charge in [0.2, 0.25) is 0 Å². The first kappa shape index (κ1) is 44.6. The maximum atomic E-state index is 12.1. The van der Waals surface area contributed by atoms with Crippen molar-refractivity contribution in [2.45, 2.75) is 136 Å². The zero-order chi connectivity index (χ0) is 35.0. The molecular weight excluding hydrogens is 596 g/mol. The smallest absolute Gasteiger partial charge is 0.306 e. The van der Waals surface area contributed by atoms with E-state index in [1.54, 1.807) is 0 Å². The van der Waals surface area contributed by atoms with Crippen LogP contribution in [-0.2, 0) is 19.1 Å². The average Bonchev–Trinajstić information content (AvgIpc) is 3.09. The van der Waals surface area contributed by atoms with Gasteiger partial charge >= 0.3 is 11.9 Å². The molecule has 0 heterocycles. The lowest BCUT2D eigenvalue weighted by Crippen LogP contribution is -2.28. The molecule has 48 heavy (non-hydrogen) atoms. The van der Waals surface area contributed by atoms with Crippen LogP contribution in [0.5, 0.6) is 0 Å². The summed E-state index contributed by atoms with van der Waals surface area (Å²) in [5, 5.41) is 9.53. The molecule has 0 fully saturated rings.